The van der Waals surface area contributed by atoms with Crippen molar-refractivity contribution in [2.45, 2.75) is 26.7 Å². The van der Waals surface area contributed by atoms with Gasteiger partial charge in [-0.3, -0.25) is 9.59 Å². The summed E-state index contributed by atoms with van der Waals surface area (Å²) in [6.07, 6.45) is 1.60. The molecule has 2 aromatic heterocycles. The Morgan fingerprint density at radius 3 is 2.93 bits per heavy atom. The molecule has 1 amide bonds. The van der Waals surface area contributed by atoms with Crippen LogP contribution in [0.1, 0.15) is 35.0 Å². The van der Waals surface area contributed by atoms with Crippen LogP contribution in [0.3, 0.4) is 0 Å². The Labute approximate surface area is 161 Å². The lowest BCUT2D eigenvalue weighted by atomic mass is 9.98. The molecular weight excluding hydrogens is 360 g/mol. The van der Waals surface area contributed by atoms with Gasteiger partial charge in [-0.15, -0.1) is 11.3 Å². The number of esters is 1. The number of hydrogen-bond acceptors (Lipinski definition) is 5. The maximum absolute atomic E-state index is 13.0. The Kier molecular flexibility index (Phi) is 4.83. The van der Waals surface area contributed by atoms with E-state index < -0.39 is 0 Å². The van der Waals surface area contributed by atoms with Gasteiger partial charge in [-0.1, -0.05) is 12.1 Å². The molecule has 4 rings (SSSR count). The van der Waals surface area contributed by atoms with Crippen molar-refractivity contribution in [1.82, 2.24) is 9.88 Å². The lowest BCUT2D eigenvalue weighted by Gasteiger charge is -2.31. The van der Waals surface area contributed by atoms with E-state index >= 15 is 0 Å². The third-order valence-electron chi connectivity index (χ3n) is 5.00. The van der Waals surface area contributed by atoms with E-state index in [1.165, 1.54) is 16.9 Å². The summed E-state index contributed by atoms with van der Waals surface area (Å²) in [6.45, 7) is 5.33. The minimum Gasteiger partial charge on any atom is -0.466 e. The van der Waals surface area contributed by atoms with Crippen LogP contribution in [-0.4, -0.2) is 41.5 Å². The van der Waals surface area contributed by atoms with Crippen LogP contribution in [0.5, 0.6) is 0 Å². The second-order valence-electron chi connectivity index (χ2n) is 7.03. The summed E-state index contributed by atoms with van der Waals surface area (Å²) in [7, 11) is 0. The summed E-state index contributed by atoms with van der Waals surface area (Å²) in [5.41, 5.74) is 2.12. The van der Waals surface area contributed by atoms with Crippen molar-refractivity contribution in [2.24, 2.45) is 5.92 Å². The van der Waals surface area contributed by atoms with Crippen molar-refractivity contribution in [3.63, 3.8) is 0 Å². The molecule has 1 unspecified atom stereocenters. The fraction of sp³-hybridized carbons (Fsp3) is 0.381. The third kappa shape index (κ3) is 3.54. The van der Waals surface area contributed by atoms with Crippen LogP contribution < -0.4 is 0 Å². The molecule has 1 aliphatic heterocycles. The van der Waals surface area contributed by atoms with Crippen LogP contribution >= 0.6 is 11.3 Å². The number of pyridine rings is 1. The SMILES string of the molecule is CCOC(=O)C1CCCN(C(=O)c2cc3cc4ccc(C)cc4nc3s2)C1. The van der Waals surface area contributed by atoms with Crippen molar-refractivity contribution in [3.8, 4) is 0 Å². The zero-order valence-corrected chi connectivity index (χ0v) is 16.3. The second-order valence-corrected chi connectivity index (χ2v) is 8.06. The van der Waals surface area contributed by atoms with Crippen LogP contribution in [0.15, 0.2) is 30.3 Å². The van der Waals surface area contributed by atoms with Gasteiger partial charge in [0.2, 0.25) is 0 Å². The minimum absolute atomic E-state index is 0.0211. The number of likely N-dealkylation sites (tertiary alicyclic amines) is 1. The average Bonchev–Trinajstić information content (AvgIpc) is 3.08. The highest BCUT2D eigenvalue weighted by molar-refractivity contribution is 7.20. The lowest BCUT2D eigenvalue weighted by Crippen LogP contribution is -2.42. The highest BCUT2D eigenvalue weighted by Gasteiger charge is 2.30. The molecule has 3 aromatic rings. The van der Waals surface area contributed by atoms with Gasteiger partial charge >= 0.3 is 5.97 Å². The van der Waals surface area contributed by atoms with Gasteiger partial charge in [-0.05, 0) is 50.5 Å². The van der Waals surface area contributed by atoms with E-state index in [0.717, 1.165) is 34.0 Å². The number of fused-ring (bicyclic) bond motifs is 2. The number of piperidine rings is 1. The van der Waals surface area contributed by atoms with E-state index in [4.69, 9.17) is 9.72 Å². The largest absolute Gasteiger partial charge is 0.466 e. The molecule has 5 nitrogen and oxygen atoms in total. The van der Waals surface area contributed by atoms with Crippen molar-refractivity contribution >= 4 is 44.3 Å². The molecule has 0 N–H and O–H groups in total. The summed E-state index contributed by atoms with van der Waals surface area (Å²) in [5, 5.41) is 2.06. The minimum atomic E-state index is -0.222. The monoisotopic (exact) mass is 382 g/mol. The maximum Gasteiger partial charge on any atom is 0.310 e. The number of rotatable bonds is 3. The van der Waals surface area contributed by atoms with Crippen LogP contribution in [0, 0.1) is 12.8 Å². The van der Waals surface area contributed by atoms with Crippen molar-refractivity contribution < 1.29 is 14.3 Å². The average molecular weight is 382 g/mol. The van der Waals surface area contributed by atoms with Gasteiger partial charge < -0.3 is 9.64 Å². The van der Waals surface area contributed by atoms with Crippen LogP contribution in [0.4, 0.5) is 0 Å². The number of aromatic nitrogens is 1. The number of ether oxygens (including phenoxy) is 1. The van der Waals surface area contributed by atoms with E-state index in [-0.39, 0.29) is 17.8 Å². The van der Waals surface area contributed by atoms with Crippen LogP contribution in [-0.2, 0) is 9.53 Å². The Morgan fingerprint density at radius 2 is 2.11 bits per heavy atom. The normalized spacial score (nSPS) is 17.4. The standard InChI is InChI=1S/C21H22N2O3S/c1-3-26-21(25)15-5-4-8-23(12-15)20(24)18-11-16-10-14-7-6-13(2)9-17(14)22-19(16)27-18/h6-7,9-11,15H,3-5,8,12H2,1-2H3. The van der Waals surface area contributed by atoms with E-state index in [1.54, 1.807) is 11.8 Å². The second kappa shape index (κ2) is 7.27. The van der Waals surface area contributed by atoms with Gasteiger partial charge in [0.05, 0.1) is 22.9 Å². The highest BCUT2D eigenvalue weighted by atomic mass is 32.1. The molecule has 0 bridgehead atoms. The van der Waals surface area contributed by atoms with E-state index in [1.807, 2.05) is 13.0 Å². The quantitative estimate of drug-likeness (QED) is 0.638. The van der Waals surface area contributed by atoms with Crippen molar-refractivity contribution in [3.05, 3.63) is 40.8 Å². The van der Waals surface area contributed by atoms with Gasteiger partial charge in [0.25, 0.3) is 5.91 Å². The summed E-state index contributed by atoms with van der Waals surface area (Å²) >= 11 is 1.42. The molecule has 0 saturated carbocycles. The lowest BCUT2D eigenvalue weighted by molar-refractivity contribution is -0.149. The smallest absolute Gasteiger partial charge is 0.310 e. The molecule has 27 heavy (non-hydrogen) atoms. The highest BCUT2D eigenvalue weighted by Crippen LogP contribution is 2.30. The Balaban J connectivity index is 1.60. The molecule has 0 radical (unpaired) electrons. The molecule has 6 heteroatoms. The number of amides is 1. The van der Waals surface area contributed by atoms with Gasteiger partial charge in [0.1, 0.15) is 4.83 Å². The molecule has 140 valence electrons. The van der Waals surface area contributed by atoms with E-state index in [9.17, 15) is 9.59 Å². The first-order valence-corrected chi connectivity index (χ1v) is 10.1. The van der Waals surface area contributed by atoms with Gasteiger partial charge in [0.15, 0.2) is 0 Å². The first-order chi connectivity index (χ1) is 13.0. The molecule has 0 spiro atoms. The van der Waals surface area contributed by atoms with Crippen molar-refractivity contribution in [2.75, 3.05) is 19.7 Å². The Bertz CT molecular complexity index is 1030. The zero-order chi connectivity index (χ0) is 19.0. The molecular formula is C21H22N2O3S. The number of carbonyl (C=O) groups excluding carboxylic acids is 2. The first kappa shape index (κ1) is 17.9. The molecule has 3 heterocycles. The third-order valence-corrected chi connectivity index (χ3v) is 6.03. The van der Waals surface area contributed by atoms with Crippen molar-refractivity contribution in [1.29, 1.82) is 0 Å². The molecule has 0 aliphatic carbocycles. The molecule has 1 saturated heterocycles. The number of carbonyl (C=O) groups is 2. The summed E-state index contributed by atoms with van der Waals surface area (Å²) in [4.78, 5) is 33.1. The predicted molar refractivity (Wildman–Crippen MR) is 107 cm³/mol. The van der Waals surface area contributed by atoms with E-state index in [2.05, 4.69) is 24.3 Å². The zero-order valence-electron chi connectivity index (χ0n) is 15.5. The number of hydrogen-bond donors (Lipinski definition) is 0. The molecule has 1 aliphatic rings. The summed E-state index contributed by atoms with van der Waals surface area (Å²) < 4.78 is 5.13. The number of nitrogens with zero attached hydrogens (tertiary/aromatic N) is 2. The van der Waals surface area contributed by atoms with Gasteiger partial charge in [-0.25, -0.2) is 4.98 Å². The molecule has 1 atom stereocenters. The summed E-state index contributed by atoms with van der Waals surface area (Å²) in [6, 6.07) is 10.2. The van der Waals surface area contributed by atoms with E-state index in [0.29, 0.717) is 24.6 Å². The number of aryl methyl sites for hydroxylation is 1. The number of benzene rings is 1. The fourth-order valence-corrected chi connectivity index (χ4v) is 4.60. The van der Waals surface area contributed by atoms with Gasteiger partial charge in [0, 0.05) is 23.9 Å². The number of thiophene rings is 1. The Hall–Kier alpha value is -2.47. The Morgan fingerprint density at radius 1 is 1.26 bits per heavy atom. The molecule has 1 aromatic carbocycles. The van der Waals surface area contributed by atoms with Crippen LogP contribution in [0.2, 0.25) is 0 Å². The van der Waals surface area contributed by atoms with Gasteiger partial charge in [-0.2, -0.15) is 0 Å². The predicted octanol–water partition coefficient (Wildman–Crippen LogP) is 4.17. The maximum atomic E-state index is 13.0. The van der Waals surface area contributed by atoms with Crippen LogP contribution in [0.25, 0.3) is 21.1 Å². The molecule has 1 fully saturated rings. The fourth-order valence-electron chi connectivity index (χ4n) is 3.61. The summed E-state index contributed by atoms with van der Waals surface area (Å²) in [5.74, 6) is -0.442. The first-order valence-electron chi connectivity index (χ1n) is 9.32. The topological polar surface area (TPSA) is 59.5 Å².